The van der Waals surface area contributed by atoms with E-state index in [1.165, 1.54) is 0 Å². The van der Waals surface area contributed by atoms with Gasteiger partial charge in [-0.15, -0.1) is 23.2 Å². The molecular formula is C29H24Cl2N2O3. The molecule has 0 unspecified atom stereocenters. The number of alkyl halides is 2. The minimum Gasteiger partial charge on any atom is -0.324 e. The number of halogens is 2. The number of anilines is 1. The molecule has 7 rings (SSSR count). The van der Waals surface area contributed by atoms with Crippen molar-refractivity contribution >= 4 is 46.6 Å². The van der Waals surface area contributed by atoms with E-state index in [2.05, 4.69) is 5.32 Å². The van der Waals surface area contributed by atoms with Crippen LogP contribution in [0.1, 0.15) is 40.3 Å². The molecule has 4 aliphatic rings. The SMILES string of the molecule is Cc1ccc(NC(=O)[C@H](C)N2C(=O)[C@@H]3[C@H](C2=O)C2(Cl)c4ccccc4C3(Cl)c3ccccc32)cc1C. The van der Waals surface area contributed by atoms with Crippen molar-refractivity contribution in [2.75, 3.05) is 5.32 Å². The molecule has 0 radical (unpaired) electrons. The van der Waals surface area contributed by atoms with Crippen molar-refractivity contribution in [1.29, 1.82) is 0 Å². The molecule has 1 aliphatic heterocycles. The van der Waals surface area contributed by atoms with Gasteiger partial charge in [0.15, 0.2) is 0 Å². The van der Waals surface area contributed by atoms with Crippen LogP contribution in [-0.2, 0) is 24.1 Å². The summed E-state index contributed by atoms with van der Waals surface area (Å²) in [6.45, 7) is 5.51. The van der Waals surface area contributed by atoms with E-state index in [4.69, 9.17) is 23.2 Å². The van der Waals surface area contributed by atoms with Gasteiger partial charge in [-0.25, -0.2) is 0 Å². The van der Waals surface area contributed by atoms with Crippen LogP contribution in [0.4, 0.5) is 5.69 Å². The number of likely N-dealkylation sites (tertiary alicyclic amines) is 1. The molecule has 3 amide bonds. The zero-order valence-corrected chi connectivity index (χ0v) is 21.5. The van der Waals surface area contributed by atoms with Crippen molar-refractivity contribution in [2.24, 2.45) is 11.8 Å². The maximum atomic E-state index is 14.0. The lowest BCUT2D eigenvalue weighted by Crippen LogP contribution is -2.57. The summed E-state index contributed by atoms with van der Waals surface area (Å²) in [5.41, 5.74) is 5.67. The Morgan fingerprint density at radius 2 is 1.25 bits per heavy atom. The van der Waals surface area contributed by atoms with Crippen LogP contribution in [0.15, 0.2) is 66.7 Å². The van der Waals surface area contributed by atoms with Gasteiger partial charge in [0.05, 0.1) is 11.8 Å². The van der Waals surface area contributed by atoms with E-state index in [0.717, 1.165) is 38.3 Å². The van der Waals surface area contributed by atoms with Gasteiger partial charge in [-0.3, -0.25) is 19.3 Å². The average molecular weight is 519 g/mol. The minimum atomic E-state index is -1.26. The van der Waals surface area contributed by atoms with E-state index in [1.807, 2.05) is 74.5 Å². The highest BCUT2D eigenvalue weighted by Gasteiger charge is 2.73. The molecule has 1 N–H and O–H groups in total. The Bertz CT molecular complexity index is 1360. The number of benzene rings is 3. The fourth-order valence-corrected chi connectivity index (χ4v) is 7.35. The number of imide groups is 1. The van der Waals surface area contributed by atoms with Gasteiger partial charge >= 0.3 is 0 Å². The highest BCUT2D eigenvalue weighted by Crippen LogP contribution is 2.69. The largest absolute Gasteiger partial charge is 0.324 e. The Balaban J connectivity index is 1.43. The summed E-state index contributed by atoms with van der Waals surface area (Å²) in [5, 5.41) is 2.85. The third-order valence-corrected chi connectivity index (χ3v) is 9.45. The fraction of sp³-hybridized carbons (Fsp3) is 0.276. The molecular weight excluding hydrogens is 495 g/mol. The van der Waals surface area contributed by atoms with Crippen LogP contribution >= 0.6 is 23.2 Å². The molecule has 2 bridgehead atoms. The van der Waals surface area contributed by atoms with Gasteiger partial charge in [0.1, 0.15) is 15.8 Å². The number of nitrogens with zero attached hydrogens (tertiary/aromatic N) is 1. The monoisotopic (exact) mass is 518 g/mol. The van der Waals surface area contributed by atoms with Crippen molar-refractivity contribution in [3.8, 4) is 0 Å². The Labute approximate surface area is 219 Å². The van der Waals surface area contributed by atoms with Crippen molar-refractivity contribution < 1.29 is 14.4 Å². The average Bonchev–Trinajstić information content (AvgIpc) is 3.15. The highest BCUT2D eigenvalue weighted by molar-refractivity contribution is 6.36. The van der Waals surface area contributed by atoms with Crippen LogP contribution in [0.3, 0.4) is 0 Å². The number of carbonyl (C=O) groups is 3. The molecule has 7 heteroatoms. The van der Waals surface area contributed by atoms with Gasteiger partial charge in [-0.1, -0.05) is 54.6 Å². The Morgan fingerprint density at radius 1 is 0.806 bits per heavy atom. The molecule has 36 heavy (non-hydrogen) atoms. The fourth-order valence-electron chi connectivity index (χ4n) is 6.25. The number of nitrogens with one attached hydrogen (secondary N) is 1. The summed E-state index contributed by atoms with van der Waals surface area (Å²) in [4.78, 5) is 39.8. The van der Waals surface area contributed by atoms with Crippen LogP contribution < -0.4 is 5.32 Å². The highest BCUT2D eigenvalue weighted by atomic mass is 35.5. The molecule has 3 atom stereocenters. The molecule has 3 aromatic rings. The van der Waals surface area contributed by atoms with Gasteiger partial charge in [-0.2, -0.15) is 0 Å². The van der Waals surface area contributed by atoms with Gasteiger partial charge in [0.25, 0.3) is 0 Å². The first-order valence-corrected chi connectivity index (χ1v) is 12.7. The number of carbonyl (C=O) groups excluding carboxylic acids is 3. The van der Waals surface area contributed by atoms with E-state index >= 15 is 0 Å². The standard InChI is InChI=1S/C29H24Cl2N2O3/c1-15-12-13-18(14-16(15)2)32-25(34)17(3)33-26(35)23-24(27(33)36)29(31)20-9-5-4-8-19(20)28(23,30)21-10-6-7-11-22(21)29/h4-14,17,23-24H,1-3H3,(H,32,34)/t17-,23-,24+,28?,29?/m0/s1. The van der Waals surface area contributed by atoms with Crippen molar-refractivity contribution in [2.45, 2.75) is 36.6 Å². The summed E-state index contributed by atoms with van der Waals surface area (Å²) >= 11 is 14.9. The third-order valence-electron chi connectivity index (χ3n) is 8.16. The first kappa shape index (κ1) is 23.3. The van der Waals surface area contributed by atoms with Gasteiger partial charge in [-0.05, 0) is 66.3 Å². The van der Waals surface area contributed by atoms with Crippen LogP contribution in [-0.4, -0.2) is 28.7 Å². The van der Waals surface area contributed by atoms with Crippen LogP contribution in [0, 0.1) is 25.7 Å². The van der Waals surface area contributed by atoms with E-state index < -0.39 is 45.3 Å². The van der Waals surface area contributed by atoms with Gasteiger partial charge in [0.2, 0.25) is 17.7 Å². The van der Waals surface area contributed by atoms with Crippen molar-refractivity contribution in [1.82, 2.24) is 4.90 Å². The summed E-state index contributed by atoms with van der Waals surface area (Å²) in [7, 11) is 0. The maximum Gasteiger partial charge on any atom is 0.247 e. The molecule has 0 spiro atoms. The number of hydrogen-bond acceptors (Lipinski definition) is 3. The normalized spacial score (nSPS) is 28.4. The minimum absolute atomic E-state index is 0.451. The summed E-state index contributed by atoms with van der Waals surface area (Å²) in [6.07, 6.45) is 0. The quantitative estimate of drug-likeness (QED) is 0.381. The lowest BCUT2D eigenvalue weighted by molar-refractivity contribution is -0.146. The van der Waals surface area contributed by atoms with Crippen LogP contribution in [0.5, 0.6) is 0 Å². The molecule has 0 aromatic heterocycles. The Morgan fingerprint density at radius 3 is 1.67 bits per heavy atom. The molecule has 5 nitrogen and oxygen atoms in total. The molecule has 1 heterocycles. The Kier molecular flexibility index (Phi) is 4.96. The molecule has 0 saturated carbocycles. The van der Waals surface area contributed by atoms with Crippen molar-refractivity contribution in [3.63, 3.8) is 0 Å². The number of hydrogen-bond donors (Lipinski definition) is 1. The zero-order valence-electron chi connectivity index (χ0n) is 20.0. The molecule has 1 saturated heterocycles. The zero-order chi connectivity index (χ0) is 25.6. The van der Waals surface area contributed by atoms with Gasteiger partial charge < -0.3 is 5.32 Å². The molecule has 3 aromatic carbocycles. The lowest BCUT2D eigenvalue weighted by atomic mass is 9.54. The third kappa shape index (κ3) is 2.76. The number of aryl methyl sites for hydroxylation is 2. The lowest BCUT2D eigenvalue weighted by Gasteiger charge is -2.54. The summed E-state index contributed by atoms with van der Waals surface area (Å²) in [5.74, 6) is -3.25. The second-order valence-corrected chi connectivity index (χ2v) is 11.2. The summed E-state index contributed by atoms with van der Waals surface area (Å²) in [6, 6.07) is 19.5. The van der Waals surface area contributed by atoms with E-state index in [0.29, 0.717) is 5.69 Å². The van der Waals surface area contributed by atoms with Crippen LogP contribution in [0.25, 0.3) is 0 Å². The first-order valence-electron chi connectivity index (χ1n) is 11.9. The van der Waals surface area contributed by atoms with E-state index in [9.17, 15) is 14.4 Å². The second kappa shape index (κ2) is 7.67. The van der Waals surface area contributed by atoms with E-state index in [1.54, 1.807) is 13.0 Å². The molecule has 182 valence electrons. The predicted molar refractivity (Wildman–Crippen MR) is 139 cm³/mol. The Hall–Kier alpha value is -3.15. The predicted octanol–water partition coefficient (Wildman–Crippen LogP) is 5.22. The second-order valence-electron chi connectivity index (χ2n) is 9.98. The molecule has 3 aliphatic carbocycles. The number of rotatable bonds is 3. The topological polar surface area (TPSA) is 66.5 Å². The first-order chi connectivity index (χ1) is 17.1. The maximum absolute atomic E-state index is 14.0. The van der Waals surface area contributed by atoms with E-state index in [-0.39, 0.29) is 0 Å². The van der Waals surface area contributed by atoms with Gasteiger partial charge in [0, 0.05) is 5.69 Å². The van der Waals surface area contributed by atoms with Crippen molar-refractivity contribution in [3.05, 3.63) is 100 Å². The smallest absolute Gasteiger partial charge is 0.247 e. The summed E-state index contributed by atoms with van der Waals surface area (Å²) < 4.78 is 0. The number of amides is 3. The van der Waals surface area contributed by atoms with Crippen LogP contribution in [0.2, 0.25) is 0 Å². The molecule has 1 fully saturated rings.